The number of halogens is 1. The summed E-state index contributed by atoms with van der Waals surface area (Å²) in [5, 5.41) is 9.42. The van der Waals surface area contributed by atoms with Crippen LogP contribution in [0, 0.1) is 11.3 Å². The Kier molecular flexibility index (Phi) is 4.76. The van der Waals surface area contributed by atoms with E-state index in [-0.39, 0.29) is 12.0 Å². The van der Waals surface area contributed by atoms with E-state index < -0.39 is 0 Å². The van der Waals surface area contributed by atoms with Crippen LogP contribution in [-0.2, 0) is 4.74 Å². The summed E-state index contributed by atoms with van der Waals surface area (Å²) < 4.78 is 6.41. The van der Waals surface area contributed by atoms with E-state index in [0.29, 0.717) is 0 Å². The predicted molar refractivity (Wildman–Crippen MR) is 74.4 cm³/mol. The van der Waals surface area contributed by atoms with E-state index in [0.717, 1.165) is 30.8 Å². The molecule has 3 nitrogen and oxygen atoms in total. The molecule has 2 rings (SSSR count). The largest absolute Gasteiger partial charge is 0.379 e. The highest BCUT2D eigenvalue weighted by Gasteiger charge is 2.26. The van der Waals surface area contributed by atoms with Crippen molar-refractivity contribution in [2.75, 3.05) is 26.3 Å². The molecule has 1 aliphatic heterocycles. The molecule has 18 heavy (non-hydrogen) atoms. The third kappa shape index (κ3) is 3.11. The van der Waals surface area contributed by atoms with E-state index in [4.69, 9.17) is 4.74 Å². The van der Waals surface area contributed by atoms with Gasteiger partial charge in [0, 0.05) is 23.5 Å². The molecule has 1 fully saturated rings. The molecule has 1 aliphatic rings. The van der Waals surface area contributed by atoms with Crippen LogP contribution in [0.5, 0.6) is 0 Å². The summed E-state index contributed by atoms with van der Waals surface area (Å²) in [7, 11) is 0. The van der Waals surface area contributed by atoms with E-state index in [2.05, 4.69) is 46.0 Å². The van der Waals surface area contributed by atoms with Gasteiger partial charge in [0.2, 0.25) is 0 Å². The zero-order valence-electron chi connectivity index (χ0n) is 10.5. The number of rotatable bonds is 3. The topological polar surface area (TPSA) is 36.3 Å². The van der Waals surface area contributed by atoms with Crippen LogP contribution in [0.1, 0.15) is 18.4 Å². The molecule has 2 atom stereocenters. The van der Waals surface area contributed by atoms with E-state index in [1.165, 1.54) is 5.56 Å². The van der Waals surface area contributed by atoms with Crippen LogP contribution in [0.4, 0.5) is 0 Å². The minimum Gasteiger partial charge on any atom is -0.379 e. The molecular weight excluding hydrogens is 292 g/mol. The highest BCUT2D eigenvalue weighted by atomic mass is 79.9. The molecule has 0 radical (unpaired) electrons. The van der Waals surface area contributed by atoms with Gasteiger partial charge in [0.15, 0.2) is 0 Å². The van der Waals surface area contributed by atoms with Gasteiger partial charge < -0.3 is 4.74 Å². The summed E-state index contributed by atoms with van der Waals surface area (Å²) in [6.45, 7) is 5.27. The Hall–Kier alpha value is -0.890. The van der Waals surface area contributed by atoms with Gasteiger partial charge in [-0.2, -0.15) is 5.26 Å². The molecule has 0 amide bonds. The van der Waals surface area contributed by atoms with Gasteiger partial charge in [0.25, 0.3) is 0 Å². The zero-order chi connectivity index (χ0) is 13.0. The van der Waals surface area contributed by atoms with E-state index in [1.54, 1.807) is 0 Å². The van der Waals surface area contributed by atoms with Crippen LogP contribution in [0.2, 0.25) is 0 Å². The summed E-state index contributed by atoms with van der Waals surface area (Å²) in [6, 6.07) is 10.6. The molecule has 0 saturated carbocycles. The van der Waals surface area contributed by atoms with E-state index >= 15 is 0 Å². The first-order chi connectivity index (χ1) is 8.72. The number of morpholine rings is 1. The number of hydrogen-bond donors (Lipinski definition) is 0. The Labute approximate surface area is 116 Å². The lowest BCUT2D eigenvalue weighted by Crippen LogP contribution is -2.45. The summed E-state index contributed by atoms with van der Waals surface area (Å²) in [5.74, 6) is 0.209. The van der Waals surface area contributed by atoms with Gasteiger partial charge in [-0.1, -0.05) is 35.0 Å². The second kappa shape index (κ2) is 6.33. The Morgan fingerprint density at radius 1 is 1.28 bits per heavy atom. The number of benzene rings is 1. The molecule has 4 heteroatoms. The first-order valence-corrected chi connectivity index (χ1v) is 6.98. The van der Waals surface area contributed by atoms with Crippen LogP contribution in [0.25, 0.3) is 0 Å². The Balaban J connectivity index is 2.11. The SMILES string of the molecule is CC(c1ccc(Br)cc1)C(C#N)N1CCOCC1. The van der Waals surface area contributed by atoms with Crippen molar-refractivity contribution >= 4 is 15.9 Å². The minimum atomic E-state index is -0.0740. The second-order valence-corrected chi connectivity index (χ2v) is 5.48. The lowest BCUT2D eigenvalue weighted by Gasteiger charge is -2.33. The monoisotopic (exact) mass is 308 g/mol. The van der Waals surface area contributed by atoms with Gasteiger partial charge in [-0.25, -0.2) is 0 Å². The van der Waals surface area contributed by atoms with Crippen molar-refractivity contribution in [3.8, 4) is 6.07 Å². The summed E-state index contributed by atoms with van der Waals surface area (Å²) >= 11 is 3.43. The van der Waals surface area contributed by atoms with Gasteiger partial charge in [0.1, 0.15) is 6.04 Å². The van der Waals surface area contributed by atoms with Crippen molar-refractivity contribution in [2.24, 2.45) is 0 Å². The third-order valence-corrected chi connectivity index (χ3v) is 3.97. The maximum Gasteiger partial charge on any atom is 0.105 e. The summed E-state index contributed by atoms with van der Waals surface area (Å²) in [4.78, 5) is 2.22. The van der Waals surface area contributed by atoms with Crippen LogP contribution >= 0.6 is 15.9 Å². The van der Waals surface area contributed by atoms with E-state index in [1.807, 2.05) is 12.1 Å². The molecule has 1 heterocycles. The summed E-state index contributed by atoms with van der Waals surface area (Å²) in [5.41, 5.74) is 1.20. The fourth-order valence-corrected chi connectivity index (χ4v) is 2.58. The fourth-order valence-electron chi connectivity index (χ4n) is 2.31. The Bertz CT molecular complexity index is 420. The quantitative estimate of drug-likeness (QED) is 0.861. The predicted octanol–water partition coefficient (Wildman–Crippen LogP) is 2.78. The van der Waals surface area contributed by atoms with Gasteiger partial charge in [-0.05, 0) is 17.7 Å². The fraction of sp³-hybridized carbons (Fsp3) is 0.500. The molecule has 0 aliphatic carbocycles. The van der Waals surface area contributed by atoms with Crippen molar-refractivity contribution < 1.29 is 4.74 Å². The molecule has 1 aromatic carbocycles. The van der Waals surface area contributed by atoms with Gasteiger partial charge in [-0.3, -0.25) is 4.90 Å². The zero-order valence-corrected chi connectivity index (χ0v) is 12.1. The average Bonchev–Trinajstić information content (AvgIpc) is 2.41. The van der Waals surface area contributed by atoms with Crippen molar-refractivity contribution in [1.82, 2.24) is 4.90 Å². The first-order valence-electron chi connectivity index (χ1n) is 6.19. The smallest absolute Gasteiger partial charge is 0.105 e. The van der Waals surface area contributed by atoms with Gasteiger partial charge in [0.05, 0.1) is 19.3 Å². The minimum absolute atomic E-state index is 0.0740. The Morgan fingerprint density at radius 3 is 2.44 bits per heavy atom. The van der Waals surface area contributed by atoms with Gasteiger partial charge in [-0.15, -0.1) is 0 Å². The maximum absolute atomic E-state index is 9.42. The normalized spacial score (nSPS) is 20.1. The molecule has 0 bridgehead atoms. The standard InChI is InChI=1S/C14H17BrN2O/c1-11(12-2-4-13(15)5-3-12)14(10-16)17-6-8-18-9-7-17/h2-5,11,14H,6-9H2,1H3. The Morgan fingerprint density at radius 2 is 1.89 bits per heavy atom. The highest BCUT2D eigenvalue weighted by molar-refractivity contribution is 9.10. The highest BCUT2D eigenvalue weighted by Crippen LogP contribution is 2.25. The van der Waals surface area contributed by atoms with Gasteiger partial charge >= 0.3 is 0 Å². The van der Waals surface area contributed by atoms with Crippen molar-refractivity contribution in [1.29, 1.82) is 5.26 Å². The van der Waals surface area contributed by atoms with Crippen LogP contribution in [-0.4, -0.2) is 37.2 Å². The van der Waals surface area contributed by atoms with Crippen LogP contribution in [0.3, 0.4) is 0 Å². The molecule has 0 N–H and O–H groups in total. The third-order valence-electron chi connectivity index (χ3n) is 3.44. The molecule has 2 unspecified atom stereocenters. The molecule has 96 valence electrons. The number of ether oxygens (including phenoxy) is 1. The van der Waals surface area contributed by atoms with E-state index in [9.17, 15) is 5.26 Å². The molecule has 1 aromatic rings. The molecule has 1 saturated heterocycles. The average molecular weight is 309 g/mol. The lowest BCUT2D eigenvalue weighted by molar-refractivity contribution is 0.0231. The molecule has 0 aromatic heterocycles. The summed E-state index contributed by atoms with van der Waals surface area (Å²) in [6.07, 6.45) is 0. The number of hydrogen-bond acceptors (Lipinski definition) is 3. The maximum atomic E-state index is 9.42. The molecule has 0 spiro atoms. The van der Waals surface area contributed by atoms with Crippen LogP contribution in [0.15, 0.2) is 28.7 Å². The number of nitriles is 1. The second-order valence-electron chi connectivity index (χ2n) is 4.56. The number of nitrogens with zero attached hydrogens (tertiary/aromatic N) is 2. The van der Waals surface area contributed by atoms with Crippen molar-refractivity contribution in [2.45, 2.75) is 18.9 Å². The molecular formula is C14H17BrN2O. The van der Waals surface area contributed by atoms with Crippen LogP contribution < -0.4 is 0 Å². The van der Waals surface area contributed by atoms with Crippen molar-refractivity contribution in [3.63, 3.8) is 0 Å². The van der Waals surface area contributed by atoms with Crippen molar-refractivity contribution in [3.05, 3.63) is 34.3 Å². The first kappa shape index (κ1) is 13.5. The lowest BCUT2D eigenvalue weighted by atomic mass is 9.93.